The quantitative estimate of drug-likeness (QED) is 0.651. The van der Waals surface area contributed by atoms with Gasteiger partial charge in [-0.2, -0.15) is 0 Å². The van der Waals surface area contributed by atoms with Gasteiger partial charge in [0, 0.05) is 31.0 Å². The molecule has 2 N–H and O–H groups in total. The molecular formula is C10H14BNO3. The molecular weight excluding hydrogens is 193 g/mol. The Morgan fingerprint density at radius 1 is 1.33 bits per heavy atom. The molecule has 80 valence electrons. The molecule has 1 aliphatic heterocycles. The number of hydrogen-bond acceptors (Lipinski definition) is 4. The molecule has 0 aliphatic carbocycles. The minimum absolute atomic E-state index is 0.387. The summed E-state index contributed by atoms with van der Waals surface area (Å²) in [6.07, 6.45) is 3.54. The third kappa shape index (κ3) is 2.56. The number of aromatic nitrogens is 1. The second-order valence-electron chi connectivity index (χ2n) is 3.77. The van der Waals surface area contributed by atoms with E-state index in [2.05, 4.69) is 4.98 Å². The Morgan fingerprint density at radius 2 is 2.07 bits per heavy atom. The van der Waals surface area contributed by atoms with Crippen LogP contribution in [0, 0.1) is 0 Å². The largest absolute Gasteiger partial charge is 0.488 e. The second-order valence-corrected chi connectivity index (χ2v) is 3.77. The zero-order valence-corrected chi connectivity index (χ0v) is 8.47. The third-order valence-corrected chi connectivity index (χ3v) is 2.74. The topological polar surface area (TPSA) is 62.6 Å². The molecule has 0 spiro atoms. The van der Waals surface area contributed by atoms with Crippen LogP contribution in [0.2, 0.25) is 0 Å². The normalized spacial score (nSPS) is 17.7. The number of nitrogens with zero attached hydrogens (tertiary/aromatic N) is 1. The van der Waals surface area contributed by atoms with Crippen molar-refractivity contribution in [2.45, 2.75) is 18.8 Å². The molecule has 1 aromatic rings. The van der Waals surface area contributed by atoms with Crippen molar-refractivity contribution < 1.29 is 14.8 Å². The smallest absolute Gasteiger partial charge is 0.423 e. The van der Waals surface area contributed by atoms with Gasteiger partial charge >= 0.3 is 7.12 Å². The Bertz CT molecular complexity index is 326. The van der Waals surface area contributed by atoms with Crippen LogP contribution in [0.3, 0.4) is 0 Å². The predicted octanol–water partition coefficient (Wildman–Crippen LogP) is -0.345. The van der Waals surface area contributed by atoms with Crippen molar-refractivity contribution in [1.82, 2.24) is 4.98 Å². The highest BCUT2D eigenvalue weighted by atomic mass is 16.5. The van der Waals surface area contributed by atoms with Gasteiger partial charge in [-0.3, -0.25) is 4.98 Å². The van der Waals surface area contributed by atoms with Gasteiger partial charge in [0.05, 0.1) is 0 Å². The lowest BCUT2D eigenvalue weighted by molar-refractivity contribution is 0.0845. The van der Waals surface area contributed by atoms with Crippen molar-refractivity contribution in [2.24, 2.45) is 0 Å². The number of pyridine rings is 1. The van der Waals surface area contributed by atoms with Gasteiger partial charge in [-0.15, -0.1) is 0 Å². The van der Waals surface area contributed by atoms with E-state index in [1.54, 1.807) is 18.3 Å². The average Bonchev–Trinajstić information content (AvgIpc) is 2.30. The lowest BCUT2D eigenvalue weighted by Gasteiger charge is -2.21. The van der Waals surface area contributed by atoms with Gasteiger partial charge in [0.25, 0.3) is 0 Å². The monoisotopic (exact) mass is 207 g/mol. The molecule has 0 unspecified atom stereocenters. The molecule has 1 aromatic heterocycles. The Labute approximate surface area is 89.1 Å². The summed E-state index contributed by atoms with van der Waals surface area (Å²) in [7, 11) is -1.41. The first-order valence-electron chi connectivity index (χ1n) is 5.17. The molecule has 0 radical (unpaired) electrons. The highest BCUT2D eigenvalue weighted by Crippen LogP contribution is 2.24. The highest BCUT2D eigenvalue weighted by molar-refractivity contribution is 6.58. The van der Waals surface area contributed by atoms with E-state index in [4.69, 9.17) is 14.8 Å². The number of rotatable bonds is 2. The summed E-state index contributed by atoms with van der Waals surface area (Å²) in [6.45, 7) is 1.52. The molecule has 1 fully saturated rings. The molecule has 15 heavy (non-hydrogen) atoms. The molecule has 4 nitrogen and oxygen atoms in total. The van der Waals surface area contributed by atoms with Gasteiger partial charge in [0.2, 0.25) is 0 Å². The van der Waals surface area contributed by atoms with Crippen LogP contribution in [0.15, 0.2) is 18.3 Å². The molecule has 1 aliphatic rings. The van der Waals surface area contributed by atoms with E-state index in [9.17, 15) is 0 Å². The molecule has 0 saturated carbocycles. The molecule has 2 rings (SSSR count). The van der Waals surface area contributed by atoms with E-state index < -0.39 is 7.12 Å². The van der Waals surface area contributed by atoms with Crippen LogP contribution in [-0.4, -0.2) is 35.4 Å². The summed E-state index contributed by atoms with van der Waals surface area (Å²) >= 11 is 0. The van der Waals surface area contributed by atoms with Crippen LogP contribution in [0.1, 0.15) is 24.5 Å². The molecule has 2 heterocycles. The highest BCUT2D eigenvalue weighted by Gasteiger charge is 2.19. The van der Waals surface area contributed by atoms with Gasteiger partial charge in [0.1, 0.15) is 0 Å². The first-order chi connectivity index (χ1) is 7.27. The van der Waals surface area contributed by atoms with Crippen molar-refractivity contribution in [3.8, 4) is 0 Å². The van der Waals surface area contributed by atoms with E-state index in [0.717, 1.165) is 31.7 Å². The van der Waals surface area contributed by atoms with Crippen molar-refractivity contribution in [3.05, 3.63) is 24.0 Å². The summed E-state index contributed by atoms with van der Waals surface area (Å²) in [5.74, 6) is 0.387. The fourth-order valence-electron chi connectivity index (χ4n) is 1.84. The fourth-order valence-corrected chi connectivity index (χ4v) is 1.84. The van der Waals surface area contributed by atoms with E-state index in [-0.39, 0.29) is 0 Å². The Kier molecular flexibility index (Phi) is 3.35. The van der Waals surface area contributed by atoms with Gasteiger partial charge in [0.15, 0.2) is 0 Å². The summed E-state index contributed by atoms with van der Waals surface area (Å²) in [5, 5.41) is 18.1. The summed E-state index contributed by atoms with van der Waals surface area (Å²) in [5.41, 5.74) is 1.44. The van der Waals surface area contributed by atoms with E-state index >= 15 is 0 Å². The van der Waals surface area contributed by atoms with Gasteiger partial charge in [-0.05, 0) is 30.4 Å². The number of hydrogen-bond donors (Lipinski definition) is 2. The first kappa shape index (κ1) is 10.6. The zero-order chi connectivity index (χ0) is 10.7. The SMILES string of the molecule is OB(O)c1ccnc(C2CCOCC2)c1. The predicted molar refractivity (Wildman–Crippen MR) is 56.9 cm³/mol. The standard InChI is InChI=1S/C10H14BNO3/c13-11(14)9-1-4-12-10(7-9)8-2-5-15-6-3-8/h1,4,7-8,13-14H,2-3,5-6H2. The van der Waals surface area contributed by atoms with Crippen LogP contribution in [0.4, 0.5) is 0 Å². The third-order valence-electron chi connectivity index (χ3n) is 2.74. The van der Waals surface area contributed by atoms with Crippen molar-refractivity contribution >= 4 is 12.6 Å². The molecule has 0 amide bonds. The number of ether oxygens (including phenoxy) is 1. The average molecular weight is 207 g/mol. The Hall–Kier alpha value is -0.905. The minimum atomic E-state index is -1.41. The van der Waals surface area contributed by atoms with Crippen molar-refractivity contribution in [1.29, 1.82) is 0 Å². The summed E-state index contributed by atoms with van der Waals surface area (Å²) in [6, 6.07) is 3.38. The summed E-state index contributed by atoms with van der Waals surface area (Å²) in [4.78, 5) is 4.27. The van der Waals surface area contributed by atoms with E-state index in [1.165, 1.54) is 0 Å². The van der Waals surface area contributed by atoms with Gasteiger partial charge < -0.3 is 14.8 Å². The van der Waals surface area contributed by atoms with Crippen molar-refractivity contribution in [3.63, 3.8) is 0 Å². The van der Waals surface area contributed by atoms with Gasteiger partial charge in [-0.1, -0.05) is 0 Å². The van der Waals surface area contributed by atoms with Crippen LogP contribution in [0.25, 0.3) is 0 Å². The van der Waals surface area contributed by atoms with E-state index in [0.29, 0.717) is 11.4 Å². The maximum absolute atomic E-state index is 9.05. The molecule has 0 bridgehead atoms. The maximum Gasteiger partial charge on any atom is 0.488 e. The fraction of sp³-hybridized carbons (Fsp3) is 0.500. The lowest BCUT2D eigenvalue weighted by Crippen LogP contribution is -2.30. The Morgan fingerprint density at radius 3 is 2.73 bits per heavy atom. The van der Waals surface area contributed by atoms with Crippen LogP contribution < -0.4 is 5.46 Å². The Balaban J connectivity index is 2.16. The first-order valence-corrected chi connectivity index (χ1v) is 5.17. The van der Waals surface area contributed by atoms with Crippen LogP contribution in [-0.2, 0) is 4.74 Å². The minimum Gasteiger partial charge on any atom is -0.423 e. The zero-order valence-electron chi connectivity index (χ0n) is 8.47. The molecule has 1 saturated heterocycles. The van der Waals surface area contributed by atoms with Gasteiger partial charge in [-0.25, -0.2) is 0 Å². The van der Waals surface area contributed by atoms with Crippen molar-refractivity contribution in [2.75, 3.05) is 13.2 Å². The lowest BCUT2D eigenvalue weighted by atomic mass is 9.79. The second kappa shape index (κ2) is 4.74. The molecule has 0 aromatic carbocycles. The van der Waals surface area contributed by atoms with Crippen LogP contribution >= 0.6 is 0 Å². The van der Waals surface area contributed by atoms with Crippen LogP contribution in [0.5, 0.6) is 0 Å². The van der Waals surface area contributed by atoms with E-state index in [1.807, 2.05) is 0 Å². The molecule has 0 atom stereocenters. The maximum atomic E-state index is 9.05. The molecule has 5 heteroatoms. The summed E-state index contributed by atoms with van der Waals surface area (Å²) < 4.78 is 5.27.